The smallest absolute Gasteiger partial charge is 0.0425 e. The molecule has 3 saturated carbocycles. The van der Waals surface area contributed by atoms with Crippen molar-refractivity contribution in [3.63, 3.8) is 0 Å². The van der Waals surface area contributed by atoms with Crippen LogP contribution in [0.1, 0.15) is 125 Å². The molecule has 4 aliphatic carbocycles. The second-order valence-electron chi connectivity index (χ2n) is 12.2. The van der Waals surface area contributed by atoms with Crippen molar-refractivity contribution >= 4 is 7.05 Å². The van der Waals surface area contributed by atoms with Crippen LogP contribution in [-0.4, -0.2) is 17.0 Å². The van der Waals surface area contributed by atoms with Crippen LogP contribution in [0.2, 0.25) is 0 Å². The third-order valence-electron chi connectivity index (χ3n) is 8.57. The molecule has 35 heavy (non-hydrogen) atoms. The molecule has 0 aromatic rings. The number of allylic oxidation sites excluding steroid dienone is 7. The van der Waals surface area contributed by atoms with Crippen molar-refractivity contribution in [1.29, 1.82) is 0 Å². The maximum absolute atomic E-state index is 5.76. The Kier molecular flexibility index (Phi) is 13.6. The van der Waals surface area contributed by atoms with Crippen LogP contribution < -0.4 is 0 Å². The van der Waals surface area contributed by atoms with E-state index in [1.165, 1.54) is 93.9 Å². The predicted octanol–water partition coefficient (Wildman–Crippen LogP) is 11.0. The normalized spacial score (nSPS) is 22.6. The number of nitrogens with zero attached hydrogens (tertiary/aromatic N) is 1. The van der Waals surface area contributed by atoms with E-state index in [9.17, 15) is 0 Å². The van der Waals surface area contributed by atoms with Gasteiger partial charge in [-0.05, 0) is 94.3 Å². The summed E-state index contributed by atoms with van der Waals surface area (Å²) in [5.41, 5.74) is 7.28. The average Bonchev–Trinajstić information content (AvgIpc) is 3.59. The predicted molar refractivity (Wildman–Crippen MR) is 155 cm³/mol. The van der Waals surface area contributed by atoms with Gasteiger partial charge in [-0.1, -0.05) is 102 Å². The molecule has 0 saturated heterocycles. The maximum atomic E-state index is 5.76. The molecule has 1 nitrogen and oxygen atoms in total. The van der Waals surface area contributed by atoms with Crippen molar-refractivity contribution in [2.24, 2.45) is 16.6 Å². The van der Waals surface area contributed by atoms with Gasteiger partial charge in [0.2, 0.25) is 0 Å². The quantitative estimate of drug-likeness (QED) is 0.176. The van der Waals surface area contributed by atoms with Gasteiger partial charge in [-0.25, -0.2) is 0 Å². The van der Waals surface area contributed by atoms with Crippen LogP contribution in [0.4, 0.5) is 0 Å². The summed E-state index contributed by atoms with van der Waals surface area (Å²) in [6.07, 6.45) is 30.6. The first-order valence-corrected chi connectivity index (χ1v) is 16.6. The van der Waals surface area contributed by atoms with Crippen molar-refractivity contribution in [3.8, 4) is 0 Å². The molecule has 0 unspecified atom stereocenters. The Morgan fingerprint density at radius 3 is 1.40 bits per heavy atom. The Morgan fingerprint density at radius 1 is 0.743 bits per heavy atom. The fraction of sp³-hybridized carbons (Fsp3) is 0.750. The second-order valence-corrected chi connectivity index (χ2v) is 16.2. The van der Waals surface area contributed by atoms with E-state index >= 15 is 0 Å². The maximum Gasteiger partial charge on any atom is 0.0425 e. The van der Waals surface area contributed by atoms with E-state index < -0.39 is 7.05 Å². The van der Waals surface area contributed by atoms with Crippen molar-refractivity contribution in [1.82, 2.24) is 0 Å². The van der Waals surface area contributed by atoms with E-state index in [4.69, 9.17) is 4.74 Å². The van der Waals surface area contributed by atoms with Gasteiger partial charge in [-0.3, -0.25) is 4.74 Å². The molecule has 0 aliphatic heterocycles. The molecule has 0 heterocycles. The van der Waals surface area contributed by atoms with Gasteiger partial charge in [-0.15, -0.1) is 0 Å². The summed E-state index contributed by atoms with van der Waals surface area (Å²) in [7, 11) is -1.17. The molecule has 4 aliphatic rings. The Hall–Kier alpha value is -0.0957. The molecule has 0 amide bonds. The van der Waals surface area contributed by atoms with Crippen LogP contribution >= 0.6 is 7.05 Å². The molecule has 0 aromatic heterocycles. The van der Waals surface area contributed by atoms with Gasteiger partial charge in [0.1, 0.15) is 0 Å². The fourth-order valence-electron chi connectivity index (χ4n) is 7.09. The first kappa shape index (κ1) is 31.1. The standard InChI is InChI=1S/C20H32NP.C12H22.Ti/c1-2-10-17(9-1)21-22(18-11-3-4-12-18,19-13-5-6-14-19)20-15-7-8-16-20;1-9(2)7-11(5)12(6)8-10(3)4;/h1-2,9,18-20H,3-8,10-16H2;7-10H,1-6H3;. The summed E-state index contributed by atoms with van der Waals surface area (Å²) in [6.45, 7) is 13.2. The van der Waals surface area contributed by atoms with Crippen LogP contribution in [0.5, 0.6) is 0 Å². The number of hydrogen-bond donors (Lipinski definition) is 0. The molecule has 4 rings (SSSR count). The monoisotopic (exact) mass is 531 g/mol. The Bertz CT molecular complexity index is 741. The Morgan fingerprint density at radius 2 is 1.11 bits per heavy atom. The Labute approximate surface area is 233 Å². The zero-order valence-electron chi connectivity index (χ0n) is 23.9. The van der Waals surface area contributed by atoms with Gasteiger partial charge in [-0.2, -0.15) is 0 Å². The van der Waals surface area contributed by atoms with E-state index in [1.807, 2.05) is 0 Å². The van der Waals surface area contributed by atoms with Gasteiger partial charge >= 0.3 is 0 Å². The van der Waals surface area contributed by atoms with Crippen LogP contribution in [0.25, 0.3) is 0 Å². The molecule has 3 fully saturated rings. The van der Waals surface area contributed by atoms with E-state index in [2.05, 4.69) is 71.9 Å². The van der Waals surface area contributed by atoms with Gasteiger partial charge in [0.25, 0.3) is 0 Å². The molecule has 0 spiro atoms. The van der Waals surface area contributed by atoms with Gasteiger partial charge < -0.3 is 0 Å². The number of rotatable bonds is 7. The van der Waals surface area contributed by atoms with E-state index in [-0.39, 0.29) is 21.7 Å². The van der Waals surface area contributed by atoms with Crippen LogP contribution in [-0.2, 0) is 21.7 Å². The Balaban J connectivity index is 0.000000288. The summed E-state index contributed by atoms with van der Waals surface area (Å²) in [5.74, 6) is 1.31. The molecule has 0 radical (unpaired) electrons. The molecular formula is C32H54NPTi. The van der Waals surface area contributed by atoms with Gasteiger partial charge in [0.05, 0.1) is 0 Å². The van der Waals surface area contributed by atoms with Crippen LogP contribution in [0.3, 0.4) is 0 Å². The van der Waals surface area contributed by atoms with E-state index in [1.54, 1.807) is 0 Å². The minimum absolute atomic E-state index is 0. The average molecular weight is 532 g/mol. The molecule has 0 atom stereocenters. The first-order valence-electron chi connectivity index (χ1n) is 14.7. The minimum atomic E-state index is -1.17. The van der Waals surface area contributed by atoms with E-state index in [0.29, 0.717) is 11.8 Å². The largest absolute Gasteiger partial charge is 0.271 e. The third kappa shape index (κ3) is 8.72. The SMILES string of the molecule is C1=CCC(N=P(C2CCCC2)(C2CCCC2)C2CCCC2)=C1.CC(=CC(C)C)C(C)=CC(C)C.[Ti]. The fourth-order valence-corrected chi connectivity index (χ4v) is 13.5. The molecule has 0 aromatic carbocycles. The third-order valence-corrected chi connectivity index (χ3v) is 14.2. The molecule has 0 N–H and O–H groups in total. The van der Waals surface area contributed by atoms with Crippen LogP contribution in [0, 0.1) is 11.8 Å². The van der Waals surface area contributed by atoms with Gasteiger partial charge in [0.15, 0.2) is 0 Å². The summed E-state index contributed by atoms with van der Waals surface area (Å²) in [5, 5.41) is 0. The van der Waals surface area contributed by atoms with Gasteiger partial charge in [0, 0.05) is 33.8 Å². The van der Waals surface area contributed by atoms with Crippen LogP contribution in [0.15, 0.2) is 52.0 Å². The van der Waals surface area contributed by atoms with Crippen molar-refractivity contribution < 1.29 is 21.7 Å². The number of hydrogen-bond acceptors (Lipinski definition) is 1. The van der Waals surface area contributed by atoms with E-state index in [0.717, 1.165) is 23.4 Å². The summed E-state index contributed by atoms with van der Waals surface area (Å²) in [6, 6.07) is 0. The summed E-state index contributed by atoms with van der Waals surface area (Å²) >= 11 is 0. The van der Waals surface area contributed by atoms with Crippen molar-refractivity contribution in [2.45, 2.75) is 142 Å². The molecule has 0 bridgehead atoms. The molecule has 196 valence electrons. The summed E-state index contributed by atoms with van der Waals surface area (Å²) < 4.78 is 5.76. The summed E-state index contributed by atoms with van der Waals surface area (Å²) in [4.78, 5) is 0. The zero-order chi connectivity index (χ0) is 24.6. The zero-order valence-corrected chi connectivity index (χ0v) is 26.3. The first-order chi connectivity index (χ1) is 16.3. The van der Waals surface area contributed by atoms with Crippen molar-refractivity contribution in [2.75, 3.05) is 0 Å². The topological polar surface area (TPSA) is 12.4 Å². The second kappa shape index (κ2) is 15.3. The minimum Gasteiger partial charge on any atom is -0.271 e. The van der Waals surface area contributed by atoms with Crippen molar-refractivity contribution in [3.05, 3.63) is 47.2 Å². The molecular weight excluding hydrogens is 477 g/mol. The molecule has 3 heteroatoms.